The van der Waals surface area contributed by atoms with E-state index in [0.717, 1.165) is 0 Å². The molecule has 2 rings (SSSR count). The summed E-state index contributed by atoms with van der Waals surface area (Å²) < 4.78 is 0. The summed E-state index contributed by atoms with van der Waals surface area (Å²) in [5.41, 5.74) is 0.0587. The summed E-state index contributed by atoms with van der Waals surface area (Å²) >= 11 is 0. The van der Waals surface area contributed by atoms with Crippen molar-refractivity contribution in [2.75, 3.05) is 0 Å². The van der Waals surface area contributed by atoms with Gasteiger partial charge in [-0.05, 0) is 24.3 Å². The molecule has 0 amide bonds. The van der Waals surface area contributed by atoms with E-state index in [9.17, 15) is 9.90 Å². The van der Waals surface area contributed by atoms with Crippen LogP contribution in [0.4, 0.5) is 0 Å². The van der Waals surface area contributed by atoms with Gasteiger partial charge in [-0.25, -0.2) is 9.68 Å². The van der Waals surface area contributed by atoms with Gasteiger partial charge in [0.15, 0.2) is 5.75 Å². The van der Waals surface area contributed by atoms with Gasteiger partial charge in [0.1, 0.15) is 11.3 Å². The van der Waals surface area contributed by atoms with E-state index in [1.54, 1.807) is 36.4 Å². The molecule has 0 atom stereocenters. The van der Waals surface area contributed by atoms with Gasteiger partial charge in [-0.15, -0.1) is 0 Å². The van der Waals surface area contributed by atoms with Crippen molar-refractivity contribution in [3.8, 4) is 11.5 Å². The zero-order valence-electron chi connectivity index (χ0n) is 8.87. The maximum absolute atomic E-state index is 11.5. The van der Waals surface area contributed by atoms with Crippen LogP contribution in [0, 0.1) is 0 Å². The molecule has 0 aliphatic heterocycles. The van der Waals surface area contributed by atoms with E-state index in [1.807, 2.05) is 6.07 Å². The number of hydrogen-bond acceptors (Lipinski definition) is 4. The molecule has 0 unspecified atom stereocenters. The second kappa shape index (κ2) is 5.03. The van der Waals surface area contributed by atoms with E-state index in [1.165, 1.54) is 12.1 Å². The molecule has 0 saturated carbocycles. The van der Waals surface area contributed by atoms with Crippen LogP contribution < -0.4 is 4.89 Å². The average Bonchev–Trinajstić information content (AvgIpc) is 2.38. The summed E-state index contributed by atoms with van der Waals surface area (Å²) in [6.07, 6.45) is 0. The highest BCUT2D eigenvalue weighted by molar-refractivity contribution is 5.91. The van der Waals surface area contributed by atoms with Gasteiger partial charge >= 0.3 is 5.97 Å². The lowest BCUT2D eigenvalue weighted by Crippen LogP contribution is -2.08. The van der Waals surface area contributed by atoms with Crippen LogP contribution in [0.5, 0.6) is 11.5 Å². The molecule has 4 heteroatoms. The summed E-state index contributed by atoms with van der Waals surface area (Å²) in [6, 6.07) is 14.7. The van der Waals surface area contributed by atoms with Crippen molar-refractivity contribution >= 4 is 5.97 Å². The first-order valence-corrected chi connectivity index (χ1v) is 4.99. The Labute approximate surface area is 98.0 Å². The van der Waals surface area contributed by atoms with E-state index in [2.05, 4.69) is 4.89 Å². The molecule has 0 saturated heterocycles. The molecular weight excluding hydrogens is 220 g/mol. The van der Waals surface area contributed by atoms with Crippen molar-refractivity contribution in [1.82, 2.24) is 0 Å². The lowest BCUT2D eigenvalue weighted by molar-refractivity contribution is -0.149. The number of para-hydroxylation sites is 2. The highest BCUT2D eigenvalue weighted by Crippen LogP contribution is 2.17. The first-order chi connectivity index (χ1) is 8.27. The Bertz CT molecular complexity index is 508. The molecule has 0 radical (unpaired) electrons. The third kappa shape index (κ3) is 2.75. The van der Waals surface area contributed by atoms with Gasteiger partial charge in [-0.1, -0.05) is 30.3 Å². The summed E-state index contributed by atoms with van der Waals surface area (Å²) in [7, 11) is 0. The number of carbonyl (C=O) groups is 1. The molecular formula is C13H10O4. The van der Waals surface area contributed by atoms with Crippen molar-refractivity contribution in [3.05, 3.63) is 60.2 Å². The predicted octanol–water partition coefficient (Wildman–Crippen LogP) is 2.54. The minimum absolute atomic E-state index is 0.0587. The molecule has 0 fully saturated rings. The fraction of sp³-hybridized carbons (Fsp3) is 0. The number of carbonyl (C=O) groups excluding carboxylic acids is 1. The zero-order valence-corrected chi connectivity index (χ0v) is 8.87. The van der Waals surface area contributed by atoms with Gasteiger partial charge in [0.05, 0.1) is 0 Å². The van der Waals surface area contributed by atoms with Crippen LogP contribution in [0.1, 0.15) is 10.4 Å². The first kappa shape index (κ1) is 11.0. The highest BCUT2D eigenvalue weighted by atomic mass is 17.2. The molecule has 0 aliphatic carbocycles. The maximum Gasteiger partial charge on any atom is 0.389 e. The normalized spacial score (nSPS) is 9.65. The van der Waals surface area contributed by atoms with Gasteiger partial charge in [0.25, 0.3) is 0 Å². The van der Waals surface area contributed by atoms with Crippen molar-refractivity contribution in [3.63, 3.8) is 0 Å². The Hall–Kier alpha value is -2.49. The van der Waals surface area contributed by atoms with Gasteiger partial charge in [-0.3, -0.25) is 4.89 Å². The number of hydrogen-bond donors (Lipinski definition) is 1. The van der Waals surface area contributed by atoms with Gasteiger partial charge in [0.2, 0.25) is 0 Å². The largest absolute Gasteiger partial charge is 0.507 e. The molecule has 4 nitrogen and oxygen atoms in total. The molecule has 2 aromatic rings. The Morgan fingerprint density at radius 2 is 1.59 bits per heavy atom. The fourth-order valence-electron chi connectivity index (χ4n) is 1.25. The smallest absolute Gasteiger partial charge is 0.389 e. The van der Waals surface area contributed by atoms with Crippen LogP contribution in [-0.4, -0.2) is 11.1 Å². The van der Waals surface area contributed by atoms with Crippen molar-refractivity contribution < 1.29 is 19.7 Å². The number of benzene rings is 2. The Morgan fingerprint density at radius 3 is 2.29 bits per heavy atom. The summed E-state index contributed by atoms with van der Waals surface area (Å²) in [6.45, 7) is 0. The first-order valence-electron chi connectivity index (χ1n) is 4.99. The molecule has 86 valence electrons. The highest BCUT2D eigenvalue weighted by Gasteiger charge is 2.13. The fourth-order valence-corrected chi connectivity index (χ4v) is 1.25. The van der Waals surface area contributed by atoms with Gasteiger partial charge < -0.3 is 5.11 Å². The molecule has 0 aromatic heterocycles. The van der Waals surface area contributed by atoms with E-state index in [-0.39, 0.29) is 11.3 Å². The third-order valence-electron chi connectivity index (χ3n) is 2.08. The Kier molecular flexibility index (Phi) is 3.25. The lowest BCUT2D eigenvalue weighted by Gasteiger charge is -2.04. The van der Waals surface area contributed by atoms with E-state index >= 15 is 0 Å². The SMILES string of the molecule is O=C(OOc1ccccc1)c1ccccc1O. The van der Waals surface area contributed by atoms with Crippen molar-refractivity contribution in [1.29, 1.82) is 0 Å². The van der Waals surface area contributed by atoms with E-state index < -0.39 is 5.97 Å². The molecule has 1 N–H and O–H groups in total. The van der Waals surface area contributed by atoms with Crippen LogP contribution in [0.3, 0.4) is 0 Å². The number of phenolic OH excluding ortho intramolecular Hbond substituents is 1. The van der Waals surface area contributed by atoms with Crippen LogP contribution in [0.25, 0.3) is 0 Å². The molecule has 0 aliphatic rings. The lowest BCUT2D eigenvalue weighted by atomic mass is 10.2. The van der Waals surface area contributed by atoms with Crippen LogP contribution >= 0.6 is 0 Å². The average molecular weight is 230 g/mol. The van der Waals surface area contributed by atoms with Gasteiger partial charge in [-0.2, -0.15) is 0 Å². The monoisotopic (exact) mass is 230 g/mol. The number of phenols is 1. The summed E-state index contributed by atoms with van der Waals surface area (Å²) in [5, 5.41) is 9.42. The molecule has 17 heavy (non-hydrogen) atoms. The quantitative estimate of drug-likeness (QED) is 0.650. The molecule has 0 heterocycles. The molecule has 0 spiro atoms. The predicted molar refractivity (Wildman–Crippen MR) is 60.6 cm³/mol. The maximum atomic E-state index is 11.5. The summed E-state index contributed by atoms with van der Waals surface area (Å²) in [5.74, 6) is -0.475. The van der Waals surface area contributed by atoms with Gasteiger partial charge in [0, 0.05) is 0 Å². The minimum Gasteiger partial charge on any atom is -0.507 e. The topological polar surface area (TPSA) is 55.8 Å². The van der Waals surface area contributed by atoms with Crippen molar-refractivity contribution in [2.45, 2.75) is 0 Å². The molecule has 0 bridgehead atoms. The second-order valence-electron chi connectivity index (χ2n) is 3.28. The third-order valence-corrected chi connectivity index (χ3v) is 2.08. The standard InChI is InChI=1S/C13H10O4/c14-12-9-5-4-8-11(12)13(15)17-16-10-6-2-1-3-7-10/h1-9,14H. The van der Waals surface area contributed by atoms with Crippen LogP contribution in [-0.2, 0) is 4.89 Å². The Morgan fingerprint density at radius 1 is 0.941 bits per heavy atom. The van der Waals surface area contributed by atoms with Crippen molar-refractivity contribution in [2.24, 2.45) is 0 Å². The second-order valence-corrected chi connectivity index (χ2v) is 3.28. The summed E-state index contributed by atoms with van der Waals surface area (Å²) in [4.78, 5) is 20.9. The number of aromatic hydroxyl groups is 1. The Balaban J connectivity index is 2.01. The van der Waals surface area contributed by atoms with Crippen LogP contribution in [0.2, 0.25) is 0 Å². The zero-order chi connectivity index (χ0) is 12.1. The van der Waals surface area contributed by atoms with E-state index in [4.69, 9.17) is 4.89 Å². The number of rotatable bonds is 3. The molecule has 2 aromatic carbocycles. The minimum atomic E-state index is -0.744. The van der Waals surface area contributed by atoms with Crippen LogP contribution in [0.15, 0.2) is 54.6 Å². The van der Waals surface area contributed by atoms with E-state index in [0.29, 0.717) is 5.75 Å².